The number of likely N-dealkylation sites (tertiary alicyclic amines) is 1. The molecular weight excluding hydrogens is 370 g/mol. The van der Waals surface area contributed by atoms with Gasteiger partial charge in [-0.3, -0.25) is 0 Å². The molecule has 1 aromatic carbocycles. The summed E-state index contributed by atoms with van der Waals surface area (Å²) in [4.78, 5) is 18.7. The molecule has 1 aromatic heterocycles. The molecule has 0 radical (unpaired) electrons. The van der Waals surface area contributed by atoms with Gasteiger partial charge in [0.15, 0.2) is 5.82 Å². The van der Waals surface area contributed by atoms with Crippen molar-refractivity contribution in [2.45, 2.75) is 57.1 Å². The van der Waals surface area contributed by atoms with Crippen molar-refractivity contribution in [3.05, 3.63) is 41.5 Å². The van der Waals surface area contributed by atoms with E-state index >= 15 is 0 Å². The molecule has 2 amide bonds. The van der Waals surface area contributed by atoms with Crippen molar-refractivity contribution in [3.63, 3.8) is 0 Å². The first-order valence-electron chi connectivity index (χ1n) is 10.1. The first-order valence-corrected chi connectivity index (χ1v) is 10.1. The van der Waals surface area contributed by atoms with Gasteiger partial charge in [0.1, 0.15) is 11.8 Å². The summed E-state index contributed by atoms with van der Waals surface area (Å²) in [6.07, 6.45) is 4.36. The highest BCUT2D eigenvalue weighted by Gasteiger charge is 2.32. The smallest absolute Gasteiger partial charge is 0.317 e. The molecule has 1 atom stereocenters. The number of para-hydroxylation sites is 1. The fourth-order valence-corrected chi connectivity index (χ4v) is 4.06. The summed E-state index contributed by atoms with van der Waals surface area (Å²) >= 11 is 0. The van der Waals surface area contributed by atoms with Crippen LogP contribution in [0.5, 0.6) is 5.75 Å². The zero-order valence-corrected chi connectivity index (χ0v) is 16.5. The van der Waals surface area contributed by atoms with Crippen molar-refractivity contribution >= 4 is 6.03 Å². The third-order valence-corrected chi connectivity index (χ3v) is 5.67. The maximum Gasteiger partial charge on any atom is 0.317 e. The van der Waals surface area contributed by atoms with Gasteiger partial charge in [-0.15, -0.1) is 0 Å². The standard InChI is InChI=1S/C21H25N5O3/c1-14-23-20(29-25-14)16-10-11-26(13-16)21(27)24-17-6-8-18(9-7-17)28-19-5-3-2-4-15(19)12-22/h2-5,16-18H,6-11,13H2,1H3,(H,24,27). The first kappa shape index (κ1) is 19.2. The van der Waals surface area contributed by atoms with Crippen molar-refractivity contribution < 1.29 is 14.1 Å². The van der Waals surface area contributed by atoms with E-state index in [-0.39, 0.29) is 24.1 Å². The van der Waals surface area contributed by atoms with E-state index in [0.29, 0.717) is 36.1 Å². The third-order valence-electron chi connectivity index (χ3n) is 5.67. The molecule has 8 nitrogen and oxygen atoms in total. The van der Waals surface area contributed by atoms with Crippen LogP contribution in [0.4, 0.5) is 4.79 Å². The number of carbonyl (C=O) groups is 1. The van der Waals surface area contributed by atoms with Crippen LogP contribution in [-0.4, -0.2) is 46.3 Å². The second-order valence-electron chi connectivity index (χ2n) is 7.76. The minimum absolute atomic E-state index is 0.0251. The fraction of sp³-hybridized carbons (Fsp3) is 0.524. The molecule has 1 unspecified atom stereocenters. The lowest BCUT2D eigenvalue weighted by Gasteiger charge is -2.31. The van der Waals surface area contributed by atoms with Crippen LogP contribution in [-0.2, 0) is 0 Å². The number of nitrogens with zero attached hydrogens (tertiary/aromatic N) is 4. The van der Waals surface area contributed by atoms with Crippen LogP contribution in [0.1, 0.15) is 55.3 Å². The van der Waals surface area contributed by atoms with Crippen molar-refractivity contribution in [3.8, 4) is 11.8 Å². The first-order chi connectivity index (χ1) is 14.1. The summed E-state index contributed by atoms with van der Waals surface area (Å²) < 4.78 is 11.3. The minimum Gasteiger partial charge on any atom is -0.489 e. The van der Waals surface area contributed by atoms with Crippen molar-refractivity contribution in [2.24, 2.45) is 0 Å². The molecular formula is C21H25N5O3. The van der Waals surface area contributed by atoms with E-state index in [1.165, 1.54) is 0 Å². The van der Waals surface area contributed by atoms with Crippen LogP contribution >= 0.6 is 0 Å². The van der Waals surface area contributed by atoms with Gasteiger partial charge >= 0.3 is 6.03 Å². The Morgan fingerprint density at radius 2 is 2.07 bits per heavy atom. The average molecular weight is 395 g/mol. The Bertz CT molecular complexity index is 898. The number of aromatic nitrogens is 2. The molecule has 4 rings (SSSR count). The number of ether oxygens (including phenoxy) is 1. The van der Waals surface area contributed by atoms with Crippen molar-refractivity contribution in [2.75, 3.05) is 13.1 Å². The van der Waals surface area contributed by atoms with E-state index in [1.54, 1.807) is 13.0 Å². The monoisotopic (exact) mass is 395 g/mol. The van der Waals surface area contributed by atoms with Gasteiger partial charge in [0.2, 0.25) is 5.89 Å². The number of nitrogens with one attached hydrogen (secondary N) is 1. The van der Waals surface area contributed by atoms with Gasteiger partial charge in [-0.1, -0.05) is 17.3 Å². The lowest BCUT2D eigenvalue weighted by atomic mass is 9.93. The second-order valence-corrected chi connectivity index (χ2v) is 7.76. The van der Waals surface area contributed by atoms with Crippen LogP contribution in [0.2, 0.25) is 0 Å². The topological polar surface area (TPSA) is 104 Å². The molecule has 1 saturated carbocycles. The maximum atomic E-state index is 12.6. The number of hydrogen-bond donors (Lipinski definition) is 1. The number of amides is 2. The van der Waals surface area contributed by atoms with E-state index < -0.39 is 0 Å². The summed E-state index contributed by atoms with van der Waals surface area (Å²) in [7, 11) is 0. The van der Waals surface area contributed by atoms with Crippen LogP contribution in [0.15, 0.2) is 28.8 Å². The molecule has 2 aliphatic rings. The lowest BCUT2D eigenvalue weighted by molar-refractivity contribution is 0.136. The van der Waals surface area contributed by atoms with Crippen LogP contribution in [0.25, 0.3) is 0 Å². The molecule has 0 spiro atoms. The number of urea groups is 1. The molecule has 8 heteroatoms. The van der Waals surface area contributed by atoms with E-state index in [1.807, 2.05) is 23.1 Å². The Morgan fingerprint density at radius 1 is 1.28 bits per heavy atom. The molecule has 29 heavy (non-hydrogen) atoms. The molecule has 2 aromatic rings. The average Bonchev–Trinajstić information content (AvgIpc) is 3.39. The number of benzene rings is 1. The van der Waals surface area contributed by atoms with Crippen LogP contribution < -0.4 is 10.1 Å². The van der Waals surface area contributed by atoms with E-state index in [9.17, 15) is 10.1 Å². The molecule has 2 fully saturated rings. The Morgan fingerprint density at radius 3 is 2.79 bits per heavy atom. The van der Waals surface area contributed by atoms with Crippen molar-refractivity contribution in [1.29, 1.82) is 5.26 Å². The lowest BCUT2D eigenvalue weighted by Crippen LogP contribution is -2.46. The van der Waals surface area contributed by atoms with E-state index in [4.69, 9.17) is 9.26 Å². The Hall–Kier alpha value is -3.08. The van der Waals surface area contributed by atoms with Crippen LogP contribution in [0, 0.1) is 18.3 Å². The third kappa shape index (κ3) is 4.50. The number of carbonyl (C=O) groups excluding carboxylic acids is 1. The number of hydrogen-bond acceptors (Lipinski definition) is 6. The Kier molecular flexibility index (Phi) is 5.65. The maximum absolute atomic E-state index is 12.6. The summed E-state index contributed by atoms with van der Waals surface area (Å²) in [5.41, 5.74) is 0.558. The predicted molar refractivity (Wildman–Crippen MR) is 104 cm³/mol. The normalized spacial score (nSPS) is 24.1. The highest BCUT2D eigenvalue weighted by molar-refractivity contribution is 5.75. The van der Waals surface area contributed by atoms with Gasteiger partial charge in [-0.2, -0.15) is 10.2 Å². The summed E-state index contributed by atoms with van der Waals surface area (Å²) in [6.45, 7) is 3.10. The summed E-state index contributed by atoms with van der Waals surface area (Å²) in [5.74, 6) is 2.00. The minimum atomic E-state index is -0.0251. The van der Waals surface area contributed by atoms with Gasteiger partial charge < -0.3 is 19.5 Å². The van der Waals surface area contributed by atoms with E-state index in [0.717, 1.165) is 32.1 Å². The molecule has 2 heterocycles. The molecule has 1 aliphatic heterocycles. The number of nitriles is 1. The zero-order valence-electron chi connectivity index (χ0n) is 16.5. The van der Waals surface area contributed by atoms with Crippen molar-refractivity contribution in [1.82, 2.24) is 20.4 Å². The van der Waals surface area contributed by atoms with E-state index in [2.05, 4.69) is 21.5 Å². The van der Waals surface area contributed by atoms with Gasteiger partial charge in [-0.05, 0) is 51.2 Å². The van der Waals surface area contributed by atoms with Crippen LogP contribution in [0.3, 0.4) is 0 Å². The molecule has 152 valence electrons. The number of aryl methyl sites for hydroxylation is 1. The molecule has 1 aliphatic carbocycles. The Balaban J connectivity index is 1.23. The largest absolute Gasteiger partial charge is 0.489 e. The molecule has 0 bridgehead atoms. The predicted octanol–water partition coefficient (Wildman–Crippen LogP) is 3.14. The number of rotatable bonds is 4. The van der Waals surface area contributed by atoms with Gasteiger partial charge in [0, 0.05) is 19.1 Å². The van der Waals surface area contributed by atoms with Gasteiger partial charge in [-0.25, -0.2) is 4.79 Å². The highest BCUT2D eigenvalue weighted by atomic mass is 16.5. The van der Waals surface area contributed by atoms with Gasteiger partial charge in [0.05, 0.1) is 17.6 Å². The molecule has 1 saturated heterocycles. The second kappa shape index (κ2) is 8.52. The molecule has 1 N–H and O–H groups in total. The van der Waals surface area contributed by atoms with Gasteiger partial charge in [0.25, 0.3) is 0 Å². The SMILES string of the molecule is Cc1noc(C2CCN(C(=O)NC3CCC(Oc4ccccc4C#N)CC3)C2)n1. The Labute approximate surface area is 169 Å². The summed E-state index contributed by atoms with van der Waals surface area (Å²) in [5, 5.41) is 16.2. The summed E-state index contributed by atoms with van der Waals surface area (Å²) in [6, 6.07) is 9.60. The quantitative estimate of drug-likeness (QED) is 0.853. The zero-order chi connectivity index (χ0) is 20.2. The fourth-order valence-electron chi connectivity index (χ4n) is 4.06. The highest BCUT2D eigenvalue weighted by Crippen LogP contribution is 2.28.